The van der Waals surface area contributed by atoms with Crippen molar-refractivity contribution in [1.82, 2.24) is 9.97 Å². The fourth-order valence-electron chi connectivity index (χ4n) is 4.24. The highest BCUT2D eigenvalue weighted by Gasteiger charge is 2.49. The molecule has 3 heterocycles. The molecule has 8 heteroatoms. The Morgan fingerprint density at radius 3 is 2.59 bits per heavy atom. The molecule has 7 nitrogen and oxygen atoms in total. The highest BCUT2D eigenvalue weighted by molar-refractivity contribution is 6.07. The second-order valence-electron chi connectivity index (χ2n) is 8.03. The van der Waals surface area contributed by atoms with Crippen LogP contribution in [0, 0.1) is 11.7 Å². The van der Waals surface area contributed by atoms with Gasteiger partial charge in [0.2, 0.25) is 11.9 Å². The third-order valence-electron chi connectivity index (χ3n) is 6.18. The zero-order chi connectivity index (χ0) is 20.0. The lowest BCUT2D eigenvalue weighted by atomic mass is 9.73. The summed E-state index contributed by atoms with van der Waals surface area (Å²) in [7, 11) is 1.62. The second kappa shape index (κ2) is 6.86. The van der Waals surface area contributed by atoms with Gasteiger partial charge in [-0.25, -0.2) is 14.4 Å². The summed E-state index contributed by atoms with van der Waals surface area (Å²) in [5.74, 6) is 2.00. The molecule has 2 aromatic rings. The summed E-state index contributed by atoms with van der Waals surface area (Å²) in [6.45, 7) is 1.91. The average molecular weight is 398 g/mol. The van der Waals surface area contributed by atoms with Crippen molar-refractivity contribution in [2.45, 2.75) is 31.1 Å². The largest absolute Gasteiger partial charge is 0.493 e. The number of carbonyl (C=O) groups is 1. The van der Waals surface area contributed by atoms with Crippen LogP contribution in [0.15, 0.2) is 24.5 Å². The fraction of sp³-hybridized carbons (Fsp3) is 0.476. The van der Waals surface area contributed by atoms with E-state index >= 15 is 0 Å². The van der Waals surface area contributed by atoms with Crippen LogP contribution in [0.3, 0.4) is 0 Å². The molecule has 0 unspecified atom stereocenters. The number of hydrogen-bond acceptors (Lipinski definition) is 6. The van der Waals surface area contributed by atoms with Crippen LogP contribution in [0.25, 0.3) is 0 Å². The molecule has 1 saturated carbocycles. The molecular formula is C21H23FN4O3. The lowest BCUT2D eigenvalue weighted by Gasteiger charge is -2.38. The first-order valence-corrected chi connectivity index (χ1v) is 9.98. The molecule has 152 valence electrons. The molecular weight excluding hydrogens is 375 g/mol. The number of halogens is 1. The van der Waals surface area contributed by atoms with Gasteiger partial charge in [-0.3, -0.25) is 4.79 Å². The van der Waals surface area contributed by atoms with E-state index in [9.17, 15) is 9.18 Å². The highest BCUT2D eigenvalue weighted by Crippen LogP contribution is 2.49. The van der Waals surface area contributed by atoms with E-state index in [1.54, 1.807) is 7.11 Å². The van der Waals surface area contributed by atoms with Gasteiger partial charge in [-0.15, -0.1) is 0 Å². The molecule has 29 heavy (non-hydrogen) atoms. The third kappa shape index (κ3) is 3.16. The van der Waals surface area contributed by atoms with E-state index in [0.717, 1.165) is 23.6 Å². The average Bonchev–Trinajstić information content (AvgIpc) is 3.53. The van der Waals surface area contributed by atoms with Crippen LogP contribution in [-0.2, 0) is 10.2 Å². The Morgan fingerprint density at radius 1 is 1.21 bits per heavy atom. The van der Waals surface area contributed by atoms with Crippen LogP contribution >= 0.6 is 0 Å². The van der Waals surface area contributed by atoms with Gasteiger partial charge in [-0.1, -0.05) is 0 Å². The van der Waals surface area contributed by atoms with E-state index < -0.39 is 11.2 Å². The molecule has 2 aliphatic heterocycles. The monoisotopic (exact) mass is 398 g/mol. The Hall–Kier alpha value is -2.90. The van der Waals surface area contributed by atoms with E-state index in [1.807, 2.05) is 17.0 Å². The van der Waals surface area contributed by atoms with Gasteiger partial charge in [0.15, 0.2) is 17.3 Å². The van der Waals surface area contributed by atoms with Crippen molar-refractivity contribution in [3.05, 3.63) is 35.9 Å². The van der Waals surface area contributed by atoms with E-state index in [0.29, 0.717) is 55.9 Å². The van der Waals surface area contributed by atoms with Gasteiger partial charge >= 0.3 is 0 Å². The van der Waals surface area contributed by atoms with Gasteiger partial charge in [-0.05, 0) is 43.2 Å². The topological polar surface area (TPSA) is 76.6 Å². The van der Waals surface area contributed by atoms with Crippen LogP contribution in [0.1, 0.15) is 31.2 Å². The maximum atomic E-state index is 13.1. The normalized spacial score (nSPS) is 19.8. The van der Waals surface area contributed by atoms with Crippen molar-refractivity contribution in [3.63, 3.8) is 0 Å². The van der Waals surface area contributed by atoms with Crippen molar-refractivity contribution in [2.75, 3.05) is 37.0 Å². The second-order valence-corrected chi connectivity index (χ2v) is 8.03. The first kappa shape index (κ1) is 18.1. The number of hydrogen-bond donors (Lipinski definition) is 1. The number of benzene rings is 1. The number of carbonyl (C=O) groups excluding carboxylic acids is 1. The smallest absolute Gasteiger partial charge is 0.235 e. The molecule has 1 aromatic heterocycles. The van der Waals surface area contributed by atoms with E-state index in [-0.39, 0.29) is 5.91 Å². The molecule has 1 aliphatic carbocycles. The Bertz CT molecular complexity index is 938. The summed E-state index contributed by atoms with van der Waals surface area (Å²) in [6.07, 6.45) is 6.00. The maximum Gasteiger partial charge on any atom is 0.235 e. The molecule has 0 bridgehead atoms. The van der Waals surface area contributed by atoms with Crippen molar-refractivity contribution < 1.29 is 18.7 Å². The van der Waals surface area contributed by atoms with Gasteiger partial charge < -0.3 is 19.7 Å². The number of piperidine rings is 1. The van der Waals surface area contributed by atoms with Gasteiger partial charge in [0.25, 0.3) is 0 Å². The summed E-state index contributed by atoms with van der Waals surface area (Å²) in [5, 5.41) is 3.04. The van der Waals surface area contributed by atoms with Gasteiger partial charge in [0, 0.05) is 24.8 Å². The number of aromatic nitrogens is 2. The highest BCUT2D eigenvalue weighted by atomic mass is 19.1. The van der Waals surface area contributed by atoms with Crippen LogP contribution < -0.4 is 19.7 Å². The molecule has 0 atom stereocenters. The summed E-state index contributed by atoms with van der Waals surface area (Å²) in [5.41, 5.74) is 1.15. The van der Waals surface area contributed by atoms with Crippen LogP contribution in [0.5, 0.6) is 11.5 Å². The van der Waals surface area contributed by atoms with Gasteiger partial charge in [-0.2, -0.15) is 0 Å². The summed E-state index contributed by atoms with van der Waals surface area (Å²) >= 11 is 0. The van der Waals surface area contributed by atoms with Crippen molar-refractivity contribution in [1.29, 1.82) is 0 Å². The SMILES string of the molecule is COc1cc2c(cc1OCC1CC1)NC(=O)C21CCN(c2ncc(F)cn2)CC1. The summed E-state index contributed by atoms with van der Waals surface area (Å²) < 4.78 is 24.6. The van der Waals surface area contributed by atoms with Gasteiger partial charge in [0.1, 0.15) is 0 Å². The van der Waals surface area contributed by atoms with Gasteiger partial charge in [0.05, 0.1) is 31.5 Å². The maximum absolute atomic E-state index is 13.1. The molecule has 1 N–H and O–H groups in total. The Labute approximate surface area is 168 Å². The number of nitrogens with one attached hydrogen (secondary N) is 1. The summed E-state index contributed by atoms with van der Waals surface area (Å²) in [4.78, 5) is 23.1. The number of fused-ring (bicyclic) bond motifs is 2. The molecule has 1 aromatic carbocycles. The molecule has 1 spiro atoms. The lowest BCUT2D eigenvalue weighted by Crippen LogP contribution is -2.47. The number of nitrogens with zero attached hydrogens (tertiary/aromatic N) is 3. The number of rotatable bonds is 5. The van der Waals surface area contributed by atoms with Crippen LogP contribution in [0.4, 0.5) is 16.0 Å². The third-order valence-corrected chi connectivity index (χ3v) is 6.18. The first-order valence-electron chi connectivity index (χ1n) is 9.98. The molecule has 2 fully saturated rings. The van der Waals surface area contributed by atoms with Crippen molar-refractivity contribution in [3.8, 4) is 11.5 Å². The quantitative estimate of drug-likeness (QED) is 0.835. The zero-order valence-corrected chi connectivity index (χ0v) is 16.3. The first-order chi connectivity index (χ1) is 14.1. The Morgan fingerprint density at radius 2 is 1.93 bits per heavy atom. The lowest BCUT2D eigenvalue weighted by molar-refractivity contribution is -0.121. The number of ether oxygens (including phenoxy) is 2. The van der Waals surface area contributed by atoms with E-state index in [4.69, 9.17) is 9.47 Å². The number of anilines is 2. The fourth-order valence-corrected chi connectivity index (χ4v) is 4.24. The predicted octanol–water partition coefficient (Wildman–Crippen LogP) is 2.90. The number of amides is 1. The van der Waals surface area contributed by atoms with E-state index in [2.05, 4.69) is 15.3 Å². The minimum atomic E-state index is -0.603. The zero-order valence-electron chi connectivity index (χ0n) is 16.3. The Balaban J connectivity index is 1.39. The minimum absolute atomic E-state index is 0.00794. The number of methoxy groups -OCH3 is 1. The molecule has 1 amide bonds. The molecule has 5 rings (SSSR count). The minimum Gasteiger partial charge on any atom is -0.493 e. The standard InChI is InChI=1S/C21H23FN4O3/c1-28-17-8-15-16(9-18(17)29-12-13-2-3-13)25-19(27)21(15)4-6-26(7-5-21)20-23-10-14(22)11-24-20/h8-11,13H,2-7,12H2,1H3,(H,25,27). The van der Waals surface area contributed by atoms with Crippen molar-refractivity contribution in [2.24, 2.45) is 5.92 Å². The molecule has 1 saturated heterocycles. The predicted molar refractivity (Wildman–Crippen MR) is 105 cm³/mol. The molecule has 0 radical (unpaired) electrons. The summed E-state index contributed by atoms with van der Waals surface area (Å²) in [6, 6.07) is 3.83. The van der Waals surface area contributed by atoms with Crippen LogP contribution in [0.2, 0.25) is 0 Å². The molecule has 3 aliphatic rings. The Kier molecular flexibility index (Phi) is 4.29. The van der Waals surface area contributed by atoms with Crippen LogP contribution in [-0.4, -0.2) is 42.7 Å². The van der Waals surface area contributed by atoms with Crippen molar-refractivity contribution >= 4 is 17.5 Å². The van der Waals surface area contributed by atoms with E-state index in [1.165, 1.54) is 12.8 Å².